The summed E-state index contributed by atoms with van der Waals surface area (Å²) in [5.74, 6) is 0. The van der Waals surface area contributed by atoms with Gasteiger partial charge in [0.1, 0.15) is 6.29 Å². The van der Waals surface area contributed by atoms with Gasteiger partial charge in [-0.1, -0.05) is 18.2 Å². The predicted octanol–water partition coefficient (Wildman–Crippen LogP) is 1.96. The van der Waals surface area contributed by atoms with Crippen LogP contribution in [-0.4, -0.2) is 13.3 Å². The van der Waals surface area contributed by atoms with E-state index in [1.165, 1.54) is 0 Å². The molecule has 0 aliphatic heterocycles. The van der Waals surface area contributed by atoms with Crippen LogP contribution in [0.3, 0.4) is 0 Å². The van der Waals surface area contributed by atoms with Crippen LogP contribution in [0.4, 0.5) is 5.69 Å². The third-order valence-corrected chi connectivity index (χ3v) is 2.75. The molecule has 13 heavy (non-hydrogen) atoms. The van der Waals surface area contributed by atoms with Gasteiger partial charge in [0.25, 0.3) is 0 Å². The van der Waals surface area contributed by atoms with E-state index in [2.05, 4.69) is 5.32 Å². The van der Waals surface area contributed by atoms with E-state index in [0.717, 1.165) is 30.4 Å². The maximum atomic E-state index is 10.9. The lowest BCUT2D eigenvalue weighted by atomic mass is 9.96. The molecule has 1 N–H and O–H groups in total. The van der Waals surface area contributed by atoms with Crippen molar-refractivity contribution in [1.82, 2.24) is 0 Å². The lowest BCUT2D eigenvalue weighted by Gasteiger charge is -2.12. The Kier molecular flexibility index (Phi) is 1.83. The van der Waals surface area contributed by atoms with E-state index in [0.29, 0.717) is 0 Å². The Morgan fingerprint density at radius 1 is 1.38 bits per heavy atom. The molecule has 2 nitrogen and oxygen atoms in total. The standard InChI is InChI=1S/C11H13NO/c1-12-10-5-3-2-4-9(10)11(8-13)6-7-11/h2-5,8,12H,6-7H2,1H3. The molecular weight excluding hydrogens is 162 g/mol. The van der Waals surface area contributed by atoms with Gasteiger partial charge in [-0.3, -0.25) is 0 Å². The van der Waals surface area contributed by atoms with E-state index < -0.39 is 0 Å². The molecule has 0 unspecified atom stereocenters. The van der Waals surface area contributed by atoms with Gasteiger partial charge in [-0.2, -0.15) is 0 Å². The van der Waals surface area contributed by atoms with Gasteiger partial charge in [0.15, 0.2) is 0 Å². The Labute approximate surface area is 78.0 Å². The molecule has 0 bridgehead atoms. The lowest BCUT2D eigenvalue weighted by Crippen LogP contribution is -2.10. The second-order valence-corrected chi connectivity index (χ2v) is 3.57. The van der Waals surface area contributed by atoms with Crippen molar-refractivity contribution in [2.45, 2.75) is 18.3 Å². The SMILES string of the molecule is CNc1ccccc1C1(C=O)CC1. The Hall–Kier alpha value is -1.31. The Balaban J connectivity index is 2.44. The summed E-state index contributed by atoms with van der Waals surface area (Å²) in [5, 5.41) is 3.12. The number of carbonyl (C=O) groups excluding carboxylic acids is 1. The third-order valence-electron chi connectivity index (χ3n) is 2.75. The van der Waals surface area contributed by atoms with Gasteiger partial charge >= 0.3 is 0 Å². The number of anilines is 1. The number of rotatable bonds is 3. The molecule has 2 heteroatoms. The second-order valence-electron chi connectivity index (χ2n) is 3.57. The first kappa shape index (κ1) is 8.30. The Morgan fingerprint density at radius 2 is 2.08 bits per heavy atom. The molecule has 2 rings (SSSR count). The van der Waals surface area contributed by atoms with Gasteiger partial charge in [0.05, 0.1) is 5.41 Å². The normalized spacial score (nSPS) is 17.9. The van der Waals surface area contributed by atoms with Crippen molar-refractivity contribution in [2.24, 2.45) is 0 Å². The van der Waals surface area contributed by atoms with E-state index in [4.69, 9.17) is 0 Å². The third kappa shape index (κ3) is 1.22. The quantitative estimate of drug-likeness (QED) is 0.711. The molecule has 0 aromatic heterocycles. The molecule has 0 amide bonds. The second kappa shape index (κ2) is 2.87. The number of benzene rings is 1. The van der Waals surface area contributed by atoms with Crippen LogP contribution in [0.1, 0.15) is 18.4 Å². The summed E-state index contributed by atoms with van der Waals surface area (Å²) in [4.78, 5) is 10.9. The van der Waals surface area contributed by atoms with Crippen LogP contribution in [0.5, 0.6) is 0 Å². The van der Waals surface area contributed by atoms with Crippen LogP contribution in [0.25, 0.3) is 0 Å². The van der Waals surface area contributed by atoms with E-state index in [9.17, 15) is 4.79 Å². The summed E-state index contributed by atoms with van der Waals surface area (Å²) >= 11 is 0. The maximum absolute atomic E-state index is 10.9. The Morgan fingerprint density at radius 3 is 2.62 bits per heavy atom. The molecule has 1 aromatic rings. The van der Waals surface area contributed by atoms with Gasteiger partial charge in [0.2, 0.25) is 0 Å². The number of hydrogen-bond acceptors (Lipinski definition) is 2. The van der Waals surface area contributed by atoms with E-state index in [1.807, 2.05) is 31.3 Å². The Bertz CT molecular complexity index is 329. The fourth-order valence-electron chi connectivity index (χ4n) is 1.72. The van der Waals surface area contributed by atoms with Crippen molar-refractivity contribution in [1.29, 1.82) is 0 Å². The van der Waals surface area contributed by atoms with E-state index >= 15 is 0 Å². The highest BCUT2D eigenvalue weighted by molar-refractivity contribution is 5.77. The minimum absolute atomic E-state index is 0.167. The summed E-state index contributed by atoms with van der Waals surface area (Å²) < 4.78 is 0. The van der Waals surface area contributed by atoms with Crippen molar-refractivity contribution < 1.29 is 4.79 Å². The number of para-hydroxylation sites is 1. The first-order valence-electron chi connectivity index (χ1n) is 4.56. The number of nitrogens with one attached hydrogen (secondary N) is 1. The van der Waals surface area contributed by atoms with E-state index in [-0.39, 0.29) is 5.41 Å². The zero-order chi connectivity index (χ0) is 9.31. The lowest BCUT2D eigenvalue weighted by molar-refractivity contribution is -0.109. The fourth-order valence-corrected chi connectivity index (χ4v) is 1.72. The summed E-state index contributed by atoms with van der Waals surface area (Å²) in [6, 6.07) is 8.02. The molecule has 0 atom stereocenters. The van der Waals surface area contributed by atoms with Crippen LogP contribution < -0.4 is 5.32 Å². The average Bonchev–Trinajstić information content (AvgIpc) is 2.98. The largest absolute Gasteiger partial charge is 0.388 e. The minimum Gasteiger partial charge on any atom is -0.388 e. The summed E-state index contributed by atoms with van der Waals surface area (Å²) in [6.45, 7) is 0. The molecule has 1 aromatic carbocycles. The molecule has 0 spiro atoms. The van der Waals surface area contributed by atoms with Crippen LogP contribution in [0.15, 0.2) is 24.3 Å². The smallest absolute Gasteiger partial charge is 0.130 e. The molecule has 0 heterocycles. The highest BCUT2D eigenvalue weighted by atomic mass is 16.1. The fraction of sp³-hybridized carbons (Fsp3) is 0.364. The highest BCUT2D eigenvalue weighted by Gasteiger charge is 2.45. The van der Waals surface area contributed by atoms with Crippen LogP contribution in [0, 0.1) is 0 Å². The summed E-state index contributed by atoms with van der Waals surface area (Å²) in [5.41, 5.74) is 2.05. The van der Waals surface area contributed by atoms with Crippen molar-refractivity contribution in [3.8, 4) is 0 Å². The molecule has 1 aliphatic rings. The zero-order valence-electron chi connectivity index (χ0n) is 7.71. The first-order valence-corrected chi connectivity index (χ1v) is 4.56. The topological polar surface area (TPSA) is 29.1 Å². The van der Waals surface area contributed by atoms with Gasteiger partial charge in [-0.25, -0.2) is 0 Å². The van der Waals surface area contributed by atoms with E-state index in [1.54, 1.807) is 0 Å². The highest BCUT2D eigenvalue weighted by Crippen LogP contribution is 2.48. The molecule has 1 fully saturated rings. The molecule has 1 saturated carbocycles. The molecule has 1 aliphatic carbocycles. The van der Waals surface area contributed by atoms with Crippen molar-refractivity contribution in [3.05, 3.63) is 29.8 Å². The maximum Gasteiger partial charge on any atom is 0.130 e. The number of aldehydes is 1. The molecule has 0 radical (unpaired) electrons. The average molecular weight is 175 g/mol. The van der Waals surface area contributed by atoms with Crippen LogP contribution in [0.2, 0.25) is 0 Å². The van der Waals surface area contributed by atoms with Crippen LogP contribution in [-0.2, 0) is 10.2 Å². The molecular formula is C11H13NO. The minimum atomic E-state index is -0.167. The van der Waals surface area contributed by atoms with Gasteiger partial charge in [0, 0.05) is 12.7 Å². The van der Waals surface area contributed by atoms with Gasteiger partial charge in [-0.05, 0) is 24.5 Å². The molecule has 0 saturated heterocycles. The number of carbonyl (C=O) groups is 1. The van der Waals surface area contributed by atoms with Gasteiger partial charge in [-0.15, -0.1) is 0 Å². The molecule has 68 valence electrons. The van der Waals surface area contributed by atoms with Crippen molar-refractivity contribution in [3.63, 3.8) is 0 Å². The summed E-state index contributed by atoms with van der Waals surface area (Å²) in [6.07, 6.45) is 3.08. The first-order chi connectivity index (χ1) is 6.32. The number of hydrogen-bond donors (Lipinski definition) is 1. The summed E-state index contributed by atoms with van der Waals surface area (Å²) in [7, 11) is 1.89. The van der Waals surface area contributed by atoms with Crippen molar-refractivity contribution >= 4 is 12.0 Å². The zero-order valence-corrected chi connectivity index (χ0v) is 7.71. The van der Waals surface area contributed by atoms with Crippen LogP contribution >= 0.6 is 0 Å². The van der Waals surface area contributed by atoms with Crippen molar-refractivity contribution in [2.75, 3.05) is 12.4 Å². The van der Waals surface area contributed by atoms with Gasteiger partial charge < -0.3 is 10.1 Å². The monoisotopic (exact) mass is 175 g/mol. The predicted molar refractivity (Wildman–Crippen MR) is 53.0 cm³/mol.